The van der Waals surface area contributed by atoms with Crippen LogP contribution in [0.2, 0.25) is 10.0 Å². The van der Waals surface area contributed by atoms with Crippen molar-refractivity contribution in [2.75, 3.05) is 7.05 Å². The third-order valence-corrected chi connectivity index (χ3v) is 7.01. The molecule has 1 N–H and O–H groups in total. The van der Waals surface area contributed by atoms with E-state index < -0.39 is 10.0 Å². The van der Waals surface area contributed by atoms with Gasteiger partial charge < -0.3 is 9.26 Å². The molecule has 0 amide bonds. The van der Waals surface area contributed by atoms with Crippen molar-refractivity contribution in [1.29, 1.82) is 0 Å². The Hall–Kier alpha value is -2.85. The van der Waals surface area contributed by atoms with Gasteiger partial charge in [0.05, 0.1) is 22.3 Å². The molecule has 11 heteroatoms. The second-order valence-corrected chi connectivity index (χ2v) is 9.73. The Bertz CT molecular complexity index is 1320. The summed E-state index contributed by atoms with van der Waals surface area (Å²) in [5.74, 6) is 0.581. The largest absolute Gasteiger partial charge is 0.489 e. The van der Waals surface area contributed by atoms with E-state index in [1.807, 2.05) is 6.07 Å². The summed E-state index contributed by atoms with van der Waals surface area (Å²) in [5, 5.41) is 11.1. The van der Waals surface area contributed by atoms with Crippen molar-refractivity contribution in [2.45, 2.75) is 18.2 Å². The molecule has 0 aliphatic carbocycles. The molecular weight excluding hydrogens is 475 g/mol. The maximum Gasteiger partial charge on any atom is 0.279 e. The minimum Gasteiger partial charge on any atom is -0.489 e. The van der Waals surface area contributed by atoms with Crippen molar-refractivity contribution in [1.82, 2.24) is 19.7 Å². The minimum atomic E-state index is -3.86. The number of H-pyrrole nitrogens is 1. The number of ether oxygens (including phenoxy) is 1. The monoisotopic (exact) mass is 492 g/mol. The van der Waals surface area contributed by atoms with Crippen LogP contribution in [0, 0.1) is 0 Å². The lowest BCUT2D eigenvalue weighted by molar-refractivity contribution is 0.306. The van der Waals surface area contributed by atoms with E-state index in [0.717, 1.165) is 9.87 Å². The van der Waals surface area contributed by atoms with Crippen molar-refractivity contribution in [3.05, 3.63) is 82.1 Å². The molecule has 0 fully saturated rings. The predicted octanol–water partition coefficient (Wildman–Crippen LogP) is 4.77. The molecule has 0 aliphatic heterocycles. The first-order valence-corrected chi connectivity index (χ1v) is 11.6. The van der Waals surface area contributed by atoms with Gasteiger partial charge in [0.1, 0.15) is 18.1 Å². The number of halogens is 2. The summed E-state index contributed by atoms with van der Waals surface area (Å²) in [4.78, 5) is 0. The van der Waals surface area contributed by atoms with E-state index in [4.69, 9.17) is 32.5 Å². The molecule has 0 bridgehead atoms. The van der Waals surface area contributed by atoms with Gasteiger partial charge >= 0.3 is 0 Å². The van der Waals surface area contributed by atoms with Gasteiger partial charge in [-0.25, -0.2) is 8.42 Å². The van der Waals surface area contributed by atoms with Gasteiger partial charge in [-0.15, -0.1) is 0 Å². The summed E-state index contributed by atoms with van der Waals surface area (Å²) in [5.41, 5.74) is 2.54. The molecule has 0 saturated carbocycles. The molecule has 8 nitrogen and oxygen atoms in total. The average Bonchev–Trinajstić information content (AvgIpc) is 3.47. The molecule has 32 heavy (non-hydrogen) atoms. The van der Waals surface area contributed by atoms with Crippen LogP contribution in [-0.2, 0) is 23.2 Å². The molecule has 0 radical (unpaired) electrons. The van der Waals surface area contributed by atoms with E-state index in [0.29, 0.717) is 32.7 Å². The Morgan fingerprint density at radius 3 is 2.69 bits per heavy atom. The van der Waals surface area contributed by atoms with Crippen LogP contribution in [0.1, 0.15) is 11.3 Å². The zero-order valence-corrected chi connectivity index (χ0v) is 19.2. The van der Waals surface area contributed by atoms with Gasteiger partial charge in [0, 0.05) is 24.9 Å². The lowest BCUT2D eigenvalue weighted by Gasteiger charge is -2.13. The highest BCUT2D eigenvalue weighted by Gasteiger charge is 2.26. The first-order chi connectivity index (χ1) is 15.3. The van der Waals surface area contributed by atoms with Crippen molar-refractivity contribution in [3.63, 3.8) is 0 Å². The first kappa shape index (κ1) is 22.3. The van der Waals surface area contributed by atoms with Crippen LogP contribution in [0.15, 0.2) is 70.4 Å². The highest BCUT2D eigenvalue weighted by molar-refractivity contribution is 7.88. The maximum absolute atomic E-state index is 12.8. The van der Waals surface area contributed by atoms with Gasteiger partial charge in [-0.05, 0) is 35.9 Å². The molecule has 0 spiro atoms. The van der Waals surface area contributed by atoms with Gasteiger partial charge in [-0.2, -0.15) is 9.40 Å². The number of aromatic nitrogens is 3. The van der Waals surface area contributed by atoms with Gasteiger partial charge in [0.25, 0.3) is 15.1 Å². The summed E-state index contributed by atoms with van der Waals surface area (Å²) in [6, 6.07) is 15.5. The van der Waals surface area contributed by atoms with Crippen molar-refractivity contribution < 1.29 is 17.7 Å². The lowest BCUT2D eigenvalue weighted by Crippen LogP contribution is -2.26. The number of nitrogens with zero attached hydrogens (tertiary/aromatic N) is 3. The number of benzene rings is 2. The molecule has 4 aromatic rings. The van der Waals surface area contributed by atoms with Gasteiger partial charge in [-0.1, -0.05) is 46.6 Å². The maximum atomic E-state index is 12.8. The Morgan fingerprint density at radius 1 is 1.09 bits per heavy atom. The van der Waals surface area contributed by atoms with Gasteiger partial charge in [0.2, 0.25) is 0 Å². The number of nitrogens with one attached hydrogen (secondary N) is 1. The van der Waals surface area contributed by atoms with Crippen LogP contribution < -0.4 is 4.74 Å². The molecule has 0 saturated heterocycles. The smallest absolute Gasteiger partial charge is 0.279 e. The van der Waals surface area contributed by atoms with Crippen molar-refractivity contribution in [2.24, 2.45) is 0 Å². The van der Waals surface area contributed by atoms with E-state index in [9.17, 15) is 8.42 Å². The Labute approximate surface area is 194 Å². The fourth-order valence-electron chi connectivity index (χ4n) is 2.91. The molecule has 0 unspecified atom stereocenters. The van der Waals surface area contributed by atoms with E-state index in [2.05, 4.69) is 15.4 Å². The van der Waals surface area contributed by atoms with E-state index in [-0.39, 0.29) is 18.2 Å². The highest BCUT2D eigenvalue weighted by Crippen LogP contribution is 2.28. The number of aromatic amines is 1. The zero-order valence-electron chi connectivity index (χ0n) is 16.8. The molecule has 4 rings (SSSR count). The first-order valence-electron chi connectivity index (χ1n) is 9.41. The number of rotatable bonds is 8. The van der Waals surface area contributed by atoms with Gasteiger partial charge in [-0.3, -0.25) is 5.10 Å². The second kappa shape index (κ2) is 9.33. The summed E-state index contributed by atoms with van der Waals surface area (Å²) in [6.07, 6.45) is 1.55. The second-order valence-electron chi connectivity index (χ2n) is 6.94. The summed E-state index contributed by atoms with van der Waals surface area (Å²) >= 11 is 12.0. The molecule has 2 aromatic carbocycles. The quantitative estimate of drug-likeness (QED) is 0.380. The highest BCUT2D eigenvalue weighted by atomic mass is 35.5. The standard InChI is InChI=1S/C21H18Cl2N4O4S/c1-27(12-16-7-8-24-25-16)32(28,29)21-11-20(26-31-21)15-3-2-4-17(10-15)30-13-14-5-6-18(22)19(23)9-14/h2-11H,12-13H2,1H3,(H,24,25). The van der Waals surface area contributed by atoms with Crippen LogP contribution in [0.25, 0.3) is 11.3 Å². The Balaban J connectivity index is 1.48. The SMILES string of the molecule is CN(Cc1ccn[nH]1)S(=O)(=O)c1cc(-c2cccc(OCc3ccc(Cl)c(Cl)c3)c2)no1. The number of sulfonamides is 1. The minimum absolute atomic E-state index is 0.121. The average molecular weight is 493 g/mol. The number of hydrogen-bond acceptors (Lipinski definition) is 6. The van der Waals surface area contributed by atoms with E-state index in [1.54, 1.807) is 48.7 Å². The van der Waals surface area contributed by atoms with Crippen LogP contribution in [-0.4, -0.2) is 35.1 Å². The van der Waals surface area contributed by atoms with E-state index in [1.165, 1.54) is 13.1 Å². The topological polar surface area (TPSA) is 101 Å². The summed E-state index contributed by atoms with van der Waals surface area (Å²) in [7, 11) is -2.41. The Kier molecular flexibility index (Phi) is 6.52. The molecular formula is C21H18Cl2N4O4S. The van der Waals surface area contributed by atoms with Crippen molar-refractivity contribution >= 4 is 33.2 Å². The fraction of sp³-hybridized carbons (Fsp3) is 0.143. The van der Waals surface area contributed by atoms with E-state index >= 15 is 0 Å². The van der Waals surface area contributed by atoms with Crippen LogP contribution >= 0.6 is 23.2 Å². The summed E-state index contributed by atoms with van der Waals surface area (Å²) < 4.78 is 37.7. The van der Waals surface area contributed by atoms with Crippen LogP contribution in [0.4, 0.5) is 0 Å². The zero-order chi connectivity index (χ0) is 22.7. The van der Waals surface area contributed by atoms with Crippen LogP contribution in [0.3, 0.4) is 0 Å². The Morgan fingerprint density at radius 2 is 1.94 bits per heavy atom. The number of hydrogen-bond donors (Lipinski definition) is 1. The third-order valence-electron chi connectivity index (χ3n) is 4.62. The molecule has 2 heterocycles. The third kappa shape index (κ3) is 4.97. The van der Waals surface area contributed by atoms with Gasteiger partial charge in [0.15, 0.2) is 0 Å². The predicted molar refractivity (Wildman–Crippen MR) is 120 cm³/mol. The lowest BCUT2D eigenvalue weighted by atomic mass is 10.1. The van der Waals surface area contributed by atoms with Crippen LogP contribution in [0.5, 0.6) is 5.75 Å². The molecule has 0 atom stereocenters. The molecule has 166 valence electrons. The fourth-order valence-corrected chi connectivity index (χ4v) is 4.24. The van der Waals surface area contributed by atoms with Crippen molar-refractivity contribution in [3.8, 4) is 17.0 Å². The summed E-state index contributed by atoms with van der Waals surface area (Å²) in [6.45, 7) is 0.410. The molecule has 2 aromatic heterocycles. The molecule has 0 aliphatic rings. The normalized spacial score (nSPS) is 11.8.